The highest BCUT2D eigenvalue weighted by molar-refractivity contribution is 5.83. The van der Waals surface area contributed by atoms with Crippen molar-refractivity contribution in [1.29, 1.82) is 0 Å². The van der Waals surface area contributed by atoms with Crippen LogP contribution in [0.25, 0.3) is 0 Å². The zero-order valence-corrected chi connectivity index (χ0v) is 17.8. The van der Waals surface area contributed by atoms with E-state index in [1.54, 1.807) is 0 Å². The highest BCUT2D eigenvalue weighted by Crippen LogP contribution is 2.43. The van der Waals surface area contributed by atoms with Crippen molar-refractivity contribution in [2.75, 3.05) is 7.11 Å². The molecule has 2 rings (SSSR count). The van der Waals surface area contributed by atoms with Gasteiger partial charge in [-0.1, -0.05) is 32.1 Å². The minimum atomic E-state index is -0.554. The molecule has 1 spiro atoms. The standard InChI is InChI=1S/C23H34O5/c1-16(14-22(25)26-5)6-8-20-18(3)10-12-23(27-20)13-11-19(4)21(28-23)9-7-17(2)15-24/h6-8,14-15,18-21H,9-13H2,1-5H3/b8-6+,16-14+,17-7+/t18-,19-,20-,21+,23-/m0/s1. The summed E-state index contributed by atoms with van der Waals surface area (Å²) in [7, 11) is 1.37. The molecule has 2 aliphatic heterocycles. The van der Waals surface area contributed by atoms with E-state index in [2.05, 4.69) is 18.6 Å². The van der Waals surface area contributed by atoms with Crippen LogP contribution in [-0.2, 0) is 23.8 Å². The number of carbonyl (C=O) groups excluding carboxylic acids is 2. The fraction of sp³-hybridized carbons (Fsp3) is 0.652. The summed E-state index contributed by atoms with van der Waals surface area (Å²) in [5.41, 5.74) is 1.56. The second kappa shape index (κ2) is 10.2. The molecule has 2 aliphatic rings. The van der Waals surface area contributed by atoms with Crippen molar-refractivity contribution >= 4 is 12.3 Å². The van der Waals surface area contributed by atoms with Crippen LogP contribution in [0, 0.1) is 11.8 Å². The van der Waals surface area contributed by atoms with Crippen LogP contribution in [0.4, 0.5) is 0 Å². The molecule has 0 aromatic heterocycles. The van der Waals surface area contributed by atoms with Crippen LogP contribution < -0.4 is 0 Å². The lowest BCUT2D eigenvalue weighted by Crippen LogP contribution is -2.51. The van der Waals surface area contributed by atoms with Gasteiger partial charge in [0.1, 0.15) is 6.29 Å². The number of rotatable bonds is 6. The fourth-order valence-corrected chi connectivity index (χ4v) is 3.79. The molecule has 0 N–H and O–H groups in total. The second-order valence-electron chi connectivity index (χ2n) is 8.25. The van der Waals surface area contributed by atoms with Gasteiger partial charge in [-0.2, -0.15) is 0 Å². The predicted molar refractivity (Wildman–Crippen MR) is 109 cm³/mol. The van der Waals surface area contributed by atoms with E-state index in [4.69, 9.17) is 9.47 Å². The molecule has 2 fully saturated rings. The lowest BCUT2D eigenvalue weighted by molar-refractivity contribution is -0.323. The summed E-state index contributed by atoms with van der Waals surface area (Å²) >= 11 is 0. The molecule has 0 bridgehead atoms. The Morgan fingerprint density at radius 2 is 1.79 bits per heavy atom. The molecule has 0 amide bonds. The molecule has 0 aromatic rings. The van der Waals surface area contributed by atoms with Crippen molar-refractivity contribution in [2.24, 2.45) is 11.8 Å². The number of hydrogen-bond acceptors (Lipinski definition) is 5. The lowest BCUT2D eigenvalue weighted by atomic mass is 9.83. The molecule has 0 saturated carbocycles. The number of aldehydes is 1. The maximum Gasteiger partial charge on any atom is 0.330 e. The molecular formula is C23H34O5. The summed E-state index contributed by atoms with van der Waals surface area (Å²) in [6.45, 7) is 8.07. The van der Waals surface area contributed by atoms with Crippen molar-refractivity contribution in [3.05, 3.63) is 35.5 Å². The summed E-state index contributed by atoms with van der Waals surface area (Å²) in [6.07, 6.45) is 12.8. The third kappa shape index (κ3) is 6.14. The average Bonchev–Trinajstić information content (AvgIpc) is 2.69. The Morgan fingerprint density at radius 1 is 1.11 bits per heavy atom. The average molecular weight is 391 g/mol. The number of methoxy groups -OCH3 is 1. The van der Waals surface area contributed by atoms with E-state index >= 15 is 0 Å². The van der Waals surface area contributed by atoms with E-state index in [0.29, 0.717) is 11.8 Å². The van der Waals surface area contributed by atoms with Gasteiger partial charge < -0.3 is 14.2 Å². The second-order valence-corrected chi connectivity index (χ2v) is 8.25. The van der Waals surface area contributed by atoms with Crippen molar-refractivity contribution in [2.45, 2.75) is 77.8 Å². The van der Waals surface area contributed by atoms with Gasteiger partial charge in [0.15, 0.2) is 5.79 Å². The molecular weight excluding hydrogens is 356 g/mol. The van der Waals surface area contributed by atoms with E-state index in [1.165, 1.54) is 13.2 Å². The Morgan fingerprint density at radius 3 is 2.43 bits per heavy atom. The molecule has 5 atom stereocenters. The van der Waals surface area contributed by atoms with Gasteiger partial charge in [0.2, 0.25) is 0 Å². The van der Waals surface area contributed by atoms with E-state index in [-0.39, 0.29) is 18.2 Å². The lowest BCUT2D eigenvalue weighted by Gasteiger charge is -2.49. The number of carbonyl (C=O) groups is 2. The van der Waals surface area contributed by atoms with E-state index < -0.39 is 5.79 Å². The van der Waals surface area contributed by atoms with Gasteiger partial charge in [0.25, 0.3) is 0 Å². The van der Waals surface area contributed by atoms with Crippen LogP contribution in [0.3, 0.4) is 0 Å². The molecule has 0 radical (unpaired) electrons. The summed E-state index contributed by atoms with van der Waals surface area (Å²) in [4.78, 5) is 22.2. The molecule has 0 aromatic carbocycles. The monoisotopic (exact) mass is 390 g/mol. The predicted octanol–water partition coefficient (Wildman–Crippen LogP) is 4.52. The summed E-state index contributed by atoms with van der Waals surface area (Å²) in [5.74, 6) is -0.0982. The topological polar surface area (TPSA) is 61.8 Å². The quantitative estimate of drug-likeness (QED) is 0.289. The Labute approximate surface area is 168 Å². The van der Waals surface area contributed by atoms with Crippen LogP contribution in [0.5, 0.6) is 0 Å². The Bertz CT molecular complexity index is 643. The highest BCUT2D eigenvalue weighted by Gasteiger charge is 2.45. The smallest absolute Gasteiger partial charge is 0.330 e. The van der Waals surface area contributed by atoms with Crippen LogP contribution in [-0.4, -0.2) is 37.4 Å². The first-order valence-corrected chi connectivity index (χ1v) is 10.2. The summed E-state index contributed by atoms with van der Waals surface area (Å²) < 4.78 is 17.6. The van der Waals surface area contributed by atoms with E-state index in [9.17, 15) is 9.59 Å². The molecule has 5 heteroatoms. The highest BCUT2D eigenvalue weighted by atomic mass is 16.7. The SMILES string of the molecule is COC(=O)/C=C(C)/C=C/[C@@H]1O[C@]2(CC[C@@H]1C)CC[C@H](C)[C@@H](C/C=C(\C)C=O)O2. The Balaban J connectivity index is 2.08. The number of ether oxygens (including phenoxy) is 3. The van der Waals surface area contributed by atoms with Gasteiger partial charge in [-0.3, -0.25) is 4.79 Å². The zero-order valence-electron chi connectivity index (χ0n) is 17.8. The molecule has 2 heterocycles. The van der Waals surface area contributed by atoms with Gasteiger partial charge >= 0.3 is 5.97 Å². The van der Waals surface area contributed by atoms with E-state index in [0.717, 1.165) is 49.5 Å². The van der Waals surface area contributed by atoms with Crippen molar-refractivity contribution in [1.82, 2.24) is 0 Å². The maximum absolute atomic E-state index is 11.4. The molecule has 0 aliphatic carbocycles. The van der Waals surface area contributed by atoms with Crippen LogP contribution in [0.15, 0.2) is 35.5 Å². The Hall–Kier alpha value is -1.72. The molecule has 156 valence electrons. The normalized spacial score (nSPS) is 34.6. The first-order chi connectivity index (χ1) is 13.3. The van der Waals surface area contributed by atoms with Crippen LogP contribution in [0.1, 0.15) is 59.8 Å². The van der Waals surface area contributed by atoms with Gasteiger partial charge in [-0.25, -0.2) is 4.79 Å². The van der Waals surface area contributed by atoms with Gasteiger partial charge in [0, 0.05) is 18.9 Å². The summed E-state index contributed by atoms with van der Waals surface area (Å²) in [6, 6.07) is 0. The maximum atomic E-state index is 11.4. The van der Waals surface area contributed by atoms with Crippen LogP contribution >= 0.6 is 0 Å². The number of allylic oxidation sites excluding steroid dienone is 3. The van der Waals surface area contributed by atoms with Gasteiger partial charge in [-0.05, 0) is 56.1 Å². The largest absolute Gasteiger partial charge is 0.466 e. The van der Waals surface area contributed by atoms with Gasteiger partial charge in [-0.15, -0.1) is 0 Å². The van der Waals surface area contributed by atoms with Crippen LogP contribution in [0.2, 0.25) is 0 Å². The van der Waals surface area contributed by atoms with Crippen molar-refractivity contribution < 1.29 is 23.8 Å². The minimum absolute atomic E-state index is 0.0580. The number of hydrogen-bond donors (Lipinski definition) is 0. The molecule has 0 unspecified atom stereocenters. The minimum Gasteiger partial charge on any atom is -0.466 e. The molecule has 28 heavy (non-hydrogen) atoms. The Kier molecular flexibility index (Phi) is 8.20. The zero-order chi connectivity index (χ0) is 20.7. The first-order valence-electron chi connectivity index (χ1n) is 10.2. The fourth-order valence-electron chi connectivity index (χ4n) is 3.79. The van der Waals surface area contributed by atoms with Crippen molar-refractivity contribution in [3.8, 4) is 0 Å². The number of esters is 1. The van der Waals surface area contributed by atoms with E-state index in [1.807, 2.05) is 32.1 Å². The summed E-state index contributed by atoms with van der Waals surface area (Å²) in [5, 5.41) is 0. The van der Waals surface area contributed by atoms with Gasteiger partial charge in [0.05, 0.1) is 19.3 Å². The molecule has 2 saturated heterocycles. The third-order valence-electron chi connectivity index (χ3n) is 5.83. The van der Waals surface area contributed by atoms with Crippen molar-refractivity contribution in [3.63, 3.8) is 0 Å². The third-order valence-corrected chi connectivity index (χ3v) is 5.83. The molecule has 5 nitrogen and oxygen atoms in total. The first kappa shape index (κ1) is 22.6.